The highest BCUT2D eigenvalue weighted by atomic mass is 32.1. The van der Waals surface area contributed by atoms with Crippen LogP contribution in [0.25, 0.3) is 0 Å². The monoisotopic (exact) mass is 236 g/mol. The fourth-order valence-corrected chi connectivity index (χ4v) is 3.47. The molecule has 0 saturated heterocycles. The number of ketones is 1. The molecule has 0 radical (unpaired) electrons. The van der Waals surface area contributed by atoms with Gasteiger partial charge in [-0.25, -0.2) is 0 Å². The zero-order valence-electron chi connectivity index (χ0n) is 10.00. The molecule has 2 rings (SSSR count). The van der Waals surface area contributed by atoms with E-state index in [2.05, 4.69) is 6.07 Å². The Morgan fingerprint density at radius 3 is 2.38 bits per heavy atom. The van der Waals surface area contributed by atoms with Crippen LogP contribution in [-0.2, 0) is 0 Å². The number of hydrogen-bond donors (Lipinski definition) is 0. The van der Waals surface area contributed by atoms with Crippen LogP contribution in [0.15, 0.2) is 11.4 Å². The largest absolute Gasteiger partial charge is 0.293 e. The SMILES string of the molecule is Cc1ccsc1C(=O)C1CCCCCCC1. The van der Waals surface area contributed by atoms with Gasteiger partial charge in [0.15, 0.2) is 5.78 Å². The molecule has 2 heteroatoms. The molecule has 0 spiro atoms. The molecule has 0 aliphatic heterocycles. The van der Waals surface area contributed by atoms with E-state index in [1.54, 1.807) is 11.3 Å². The lowest BCUT2D eigenvalue weighted by molar-refractivity contribution is 0.0902. The molecule has 1 aromatic heterocycles. The molecule has 0 bridgehead atoms. The number of carbonyl (C=O) groups is 1. The van der Waals surface area contributed by atoms with Crippen molar-refractivity contribution in [1.29, 1.82) is 0 Å². The zero-order valence-corrected chi connectivity index (χ0v) is 10.8. The minimum Gasteiger partial charge on any atom is -0.293 e. The van der Waals surface area contributed by atoms with Crippen LogP contribution in [0.3, 0.4) is 0 Å². The first-order valence-electron chi connectivity index (χ1n) is 6.37. The van der Waals surface area contributed by atoms with Gasteiger partial charge >= 0.3 is 0 Å². The molecule has 1 aliphatic rings. The summed E-state index contributed by atoms with van der Waals surface area (Å²) in [6.07, 6.45) is 8.67. The molecule has 1 aliphatic carbocycles. The van der Waals surface area contributed by atoms with Crippen molar-refractivity contribution in [3.05, 3.63) is 21.9 Å². The summed E-state index contributed by atoms with van der Waals surface area (Å²) in [5.74, 6) is 0.715. The highest BCUT2D eigenvalue weighted by Gasteiger charge is 2.22. The molecule has 0 N–H and O–H groups in total. The third-order valence-electron chi connectivity index (χ3n) is 3.56. The summed E-state index contributed by atoms with van der Waals surface area (Å²) in [5, 5.41) is 2.03. The molecule has 1 aromatic rings. The van der Waals surface area contributed by atoms with E-state index in [4.69, 9.17) is 0 Å². The first-order chi connectivity index (χ1) is 7.79. The van der Waals surface area contributed by atoms with Crippen LogP contribution in [0, 0.1) is 12.8 Å². The second kappa shape index (κ2) is 5.62. The number of thiophene rings is 1. The van der Waals surface area contributed by atoms with Gasteiger partial charge in [0.1, 0.15) is 0 Å². The van der Waals surface area contributed by atoms with Crippen molar-refractivity contribution >= 4 is 17.1 Å². The first kappa shape index (κ1) is 11.8. The second-order valence-corrected chi connectivity index (χ2v) is 5.76. The molecule has 0 atom stereocenters. The average molecular weight is 236 g/mol. The Balaban J connectivity index is 2.05. The lowest BCUT2D eigenvalue weighted by Crippen LogP contribution is -2.15. The van der Waals surface area contributed by atoms with Crippen LogP contribution in [0.2, 0.25) is 0 Å². The van der Waals surface area contributed by atoms with Gasteiger partial charge in [0.05, 0.1) is 4.88 Å². The number of Topliss-reactive ketones (excluding diaryl/α,β-unsaturated/α-hetero) is 1. The van der Waals surface area contributed by atoms with Crippen molar-refractivity contribution in [1.82, 2.24) is 0 Å². The maximum Gasteiger partial charge on any atom is 0.176 e. The van der Waals surface area contributed by atoms with Crippen molar-refractivity contribution in [3.8, 4) is 0 Å². The third kappa shape index (κ3) is 2.73. The molecule has 88 valence electrons. The topological polar surface area (TPSA) is 17.1 Å². The quantitative estimate of drug-likeness (QED) is 0.686. The molecular weight excluding hydrogens is 216 g/mol. The fourth-order valence-electron chi connectivity index (χ4n) is 2.53. The van der Waals surface area contributed by atoms with Gasteiger partial charge in [0, 0.05) is 5.92 Å². The van der Waals surface area contributed by atoms with Crippen molar-refractivity contribution < 1.29 is 4.79 Å². The molecular formula is C14H20OS. The third-order valence-corrected chi connectivity index (χ3v) is 4.59. The Kier molecular flexibility index (Phi) is 4.16. The van der Waals surface area contributed by atoms with E-state index >= 15 is 0 Å². The van der Waals surface area contributed by atoms with Crippen molar-refractivity contribution in [2.75, 3.05) is 0 Å². The zero-order chi connectivity index (χ0) is 11.4. The summed E-state index contributed by atoms with van der Waals surface area (Å²) in [4.78, 5) is 13.4. The van der Waals surface area contributed by atoms with E-state index in [-0.39, 0.29) is 0 Å². The summed E-state index contributed by atoms with van der Waals surface area (Å²) < 4.78 is 0. The van der Waals surface area contributed by atoms with Crippen LogP contribution in [-0.4, -0.2) is 5.78 Å². The smallest absolute Gasteiger partial charge is 0.176 e. The van der Waals surface area contributed by atoms with E-state index in [0.29, 0.717) is 11.7 Å². The Morgan fingerprint density at radius 2 is 1.81 bits per heavy atom. The molecule has 1 heterocycles. The van der Waals surface area contributed by atoms with Gasteiger partial charge in [0.25, 0.3) is 0 Å². The molecule has 1 nitrogen and oxygen atoms in total. The lowest BCUT2D eigenvalue weighted by Gasteiger charge is -2.18. The Morgan fingerprint density at radius 1 is 1.19 bits per heavy atom. The molecule has 16 heavy (non-hydrogen) atoms. The van der Waals surface area contributed by atoms with E-state index < -0.39 is 0 Å². The highest BCUT2D eigenvalue weighted by Crippen LogP contribution is 2.28. The van der Waals surface area contributed by atoms with Gasteiger partial charge in [-0.05, 0) is 36.8 Å². The first-order valence-corrected chi connectivity index (χ1v) is 7.25. The van der Waals surface area contributed by atoms with Crippen LogP contribution < -0.4 is 0 Å². The van der Waals surface area contributed by atoms with Gasteiger partial charge in [0.2, 0.25) is 0 Å². The van der Waals surface area contributed by atoms with Gasteiger partial charge < -0.3 is 0 Å². The molecule has 1 saturated carbocycles. The van der Waals surface area contributed by atoms with Crippen LogP contribution >= 0.6 is 11.3 Å². The summed E-state index contributed by atoms with van der Waals surface area (Å²) in [5.41, 5.74) is 1.16. The summed E-state index contributed by atoms with van der Waals surface area (Å²) in [6, 6.07) is 2.06. The maximum atomic E-state index is 12.4. The Hall–Kier alpha value is -0.630. The fraction of sp³-hybridized carbons (Fsp3) is 0.643. The Bertz CT molecular complexity index is 345. The van der Waals surface area contributed by atoms with E-state index in [9.17, 15) is 4.79 Å². The molecule has 1 fully saturated rings. The predicted molar refractivity (Wildman–Crippen MR) is 69.2 cm³/mol. The van der Waals surface area contributed by atoms with Crippen LogP contribution in [0.4, 0.5) is 0 Å². The van der Waals surface area contributed by atoms with E-state index in [1.165, 1.54) is 32.1 Å². The van der Waals surface area contributed by atoms with Crippen LogP contribution in [0.5, 0.6) is 0 Å². The maximum absolute atomic E-state index is 12.4. The van der Waals surface area contributed by atoms with E-state index in [0.717, 1.165) is 23.3 Å². The normalized spacial score (nSPS) is 19.1. The van der Waals surface area contributed by atoms with Crippen molar-refractivity contribution in [2.24, 2.45) is 5.92 Å². The minimum absolute atomic E-state index is 0.303. The van der Waals surface area contributed by atoms with Crippen molar-refractivity contribution in [2.45, 2.75) is 51.9 Å². The van der Waals surface area contributed by atoms with Gasteiger partial charge in [-0.3, -0.25) is 4.79 Å². The highest BCUT2D eigenvalue weighted by molar-refractivity contribution is 7.12. The van der Waals surface area contributed by atoms with Crippen LogP contribution in [0.1, 0.15) is 60.2 Å². The molecule has 0 amide bonds. The number of aryl methyl sites for hydroxylation is 1. The average Bonchev–Trinajstić information content (AvgIpc) is 2.63. The lowest BCUT2D eigenvalue weighted by atomic mass is 9.87. The summed E-state index contributed by atoms with van der Waals surface area (Å²) in [6.45, 7) is 2.05. The Labute approximate surface area is 102 Å². The molecule has 0 aromatic carbocycles. The number of carbonyl (C=O) groups excluding carboxylic acids is 1. The summed E-state index contributed by atoms with van der Waals surface area (Å²) >= 11 is 1.61. The van der Waals surface area contributed by atoms with Gasteiger partial charge in [-0.1, -0.05) is 32.1 Å². The molecule has 0 unspecified atom stereocenters. The predicted octanol–water partition coefficient (Wildman–Crippen LogP) is 4.60. The second-order valence-electron chi connectivity index (χ2n) is 4.84. The van der Waals surface area contributed by atoms with E-state index in [1.807, 2.05) is 12.3 Å². The number of hydrogen-bond acceptors (Lipinski definition) is 2. The van der Waals surface area contributed by atoms with Crippen molar-refractivity contribution in [3.63, 3.8) is 0 Å². The van der Waals surface area contributed by atoms with Gasteiger partial charge in [-0.15, -0.1) is 11.3 Å². The minimum atomic E-state index is 0.303. The number of rotatable bonds is 2. The standard InChI is InChI=1S/C14H20OS/c1-11-9-10-16-14(11)13(15)12-7-5-3-2-4-6-8-12/h9-10,12H,2-8H2,1H3. The van der Waals surface area contributed by atoms with Gasteiger partial charge in [-0.2, -0.15) is 0 Å². The summed E-state index contributed by atoms with van der Waals surface area (Å²) in [7, 11) is 0.